The third-order valence-electron chi connectivity index (χ3n) is 4.65. The number of Topliss-reactive ketones (excluding diaryl/α,β-unsaturated/α-hetero) is 1. The van der Waals surface area contributed by atoms with E-state index in [1.807, 2.05) is 0 Å². The first kappa shape index (κ1) is 14.1. The Balaban J connectivity index is 1.86. The first-order valence-corrected chi connectivity index (χ1v) is 8.05. The molecule has 0 bridgehead atoms. The number of carbonyl (C=O) groups excluding carboxylic acids is 1. The predicted octanol–water partition coefficient (Wildman–Crippen LogP) is 4.43. The molecule has 2 nitrogen and oxygen atoms in total. The normalized spacial score (nSPS) is 15.5. The molecule has 0 atom stereocenters. The first-order valence-electron chi connectivity index (χ1n) is 8.05. The van der Waals surface area contributed by atoms with Gasteiger partial charge in [0.05, 0.1) is 6.54 Å². The zero-order chi connectivity index (χ0) is 14.7. The van der Waals surface area contributed by atoms with Gasteiger partial charge in [-0.05, 0) is 31.2 Å². The van der Waals surface area contributed by atoms with Crippen LogP contribution in [0.1, 0.15) is 32.6 Å². The SMILES string of the molecule is CCN(CC(=O)C1CCCC1)c1cccc2ccccc12. The number of benzene rings is 2. The van der Waals surface area contributed by atoms with Crippen LogP contribution in [0.4, 0.5) is 5.69 Å². The molecule has 0 N–H and O–H groups in total. The Kier molecular flexibility index (Phi) is 4.23. The molecule has 2 aromatic rings. The number of likely N-dealkylation sites (N-methyl/N-ethyl adjacent to an activating group) is 1. The summed E-state index contributed by atoms with van der Waals surface area (Å²) in [5.41, 5.74) is 1.18. The van der Waals surface area contributed by atoms with E-state index in [9.17, 15) is 4.79 Å². The van der Waals surface area contributed by atoms with E-state index in [-0.39, 0.29) is 0 Å². The maximum Gasteiger partial charge on any atom is 0.155 e. The van der Waals surface area contributed by atoms with Gasteiger partial charge in [-0.2, -0.15) is 0 Å². The van der Waals surface area contributed by atoms with Gasteiger partial charge in [-0.1, -0.05) is 49.2 Å². The molecule has 1 aliphatic carbocycles. The van der Waals surface area contributed by atoms with Gasteiger partial charge < -0.3 is 4.90 Å². The summed E-state index contributed by atoms with van der Waals surface area (Å²) in [6.45, 7) is 3.55. The molecule has 0 unspecified atom stereocenters. The third-order valence-corrected chi connectivity index (χ3v) is 4.65. The molecule has 0 aliphatic heterocycles. The average Bonchev–Trinajstić information content (AvgIpc) is 3.06. The zero-order valence-electron chi connectivity index (χ0n) is 12.7. The van der Waals surface area contributed by atoms with Crippen molar-refractivity contribution in [1.82, 2.24) is 0 Å². The summed E-state index contributed by atoms with van der Waals surface area (Å²) in [4.78, 5) is 14.7. The van der Waals surface area contributed by atoms with Crippen molar-refractivity contribution in [2.45, 2.75) is 32.6 Å². The molecule has 21 heavy (non-hydrogen) atoms. The van der Waals surface area contributed by atoms with Crippen LogP contribution in [0, 0.1) is 5.92 Å². The molecule has 1 aliphatic rings. The second-order valence-corrected chi connectivity index (χ2v) is 5.96. The van der Waals surface area contributed by atoms with Crippen LogP contribution in [0.25, 0.3) is 10.8 Å². The highest BCUT2D eigenvalue weighted by atomic mass is 16.1. The van der Waals surface area contributed by atoms with Crippen molar-refractivity contribution in [3.63, 3.8) is 0 Å². The minimum atomic E-state index is 0.300. The molecule has 2 aromatic carbocycles. The smallest absolute Gasteiger partial charge is 0.155 e. The lowest BCUT2D eigenvalue weighted by molar-refractivity contribution is -0.121. The van der Waals surface area contributed by atoms with E-state index in [2.05, 4.69) is 54.3 Å². The quantitative estimate of drug-likeness (QED) is 0.808. The standard InChI is InChI=1S/C19H23NO/c1-2-20(14-19(21)16-9-3-4-10-16)18-13-7-11-15-8-5-6-12-17(15)18/h5-8,11-13,16H,2-4,9-10,14H2,1H3. The predicted molar refractivity (Wildman–Crippen MR) is 88.8 cm³/mol. The van der Waals surface area contributed by atoms with Gasteiger partial charge in [-0.25, -0.2) is 0 Å². The summed E-state index contributed by atoms with van der Waals surface area (Å²) < 4.78 is 0. The van der Waals surface area contributed by atoms with Gasteiger partial charge in [0.1, 0.15) is 0 Å². The van der Waals surface area contributed by atoms with Gasteiger partial charge in [-0.15, -0.1) is 0 Å². The van der Waals surface area contributed by atoms with Gasteiger partial charge in [0, 0.05) is 23.5 Å². The van der Waals surface area contributed by atoms with Crippen LogP contribution in [-0.2, 0) is 4.79 Å². The Hall–Kier alpha value is -1.83. The molecule has 3 rings (SSSR count). The summed E-state index contributed by atoms with van der Waals surface area (Å²) in [6.07, 6.45) is 4.62. The Morgan fingerprint density at radius 2 is 1.81 bits per heavy atom. The minimum absolute atomic E-state index is 0.300. The summed E-state index contributed by atoms with van der Waals surface area (Å²) in [5, 5.41) is 2.47. The lowest BCUT2D eigenvalue weighted by atomic mass is 10.0. The molecule has 0 amide bonds. The molecular weight excluding hydrogens is 258 g/mol. The largest absolute Gasteiger partial charge is 0.364 e. The highest BCUT2D eigenvalue weighted by molar-refractivity contribution is 5.96. The average molecular weight is 281 g/mol. The van der Waals surface area contributed by atoms with Crippen LogP contribution in [0.15, 0.2) is 42.5 Å². The van der Waals surface area contributed by atoms with Crippen molar-refractivity contribution < 1.29 is 4.79 Å². The summed E-state index contributed by atoms with van der Waals surface area (Å²) in [7, 11) is 0. The number of carbonyl (C=O) groups is 1. The second-order valence-electron chi connectivity index (χ2n) is 5.96. The molecular formula is C19H23NO. The highest BCUT2D eigenvalue weighted by Crippen LogP contribution is 2.29. The van der Waals surface area contributed by atoms with Gasteiger partial charge in [0.15, 0.2) is 5.78 Å². The molecule has 2 heteroatoms. The van der Waals surface area contributed by atoms with Crippen molar-refractivity contribution in [3.8, 4) is 0 Å². The lowest BCUT2D eigenvalue weighted by Crippen LogP contribution is -2.32. The van der Waals surface area contributed by atoms with Crippen molar-refractivity contribution in [3.05, 3.63) is 42.5 Å². The number of hydrogen-bond acceptors (Lipinski definition) is 2. The molecule has 0 heterocycles. The molecule has 0 radical (unpaired) electrons. The summed E-state index contributed by atoms with van der Waals surface area (Å²) in [6, 6.07) is 14.8. The number of rotatable bonds is 5. The van der Waals surface area contributed by atoms with Crippen molar-refractivity contribution in [1.29, 1.82) is 0 Å². The number of nitrogens with zero attached hydrogens (tertiary/aromatic N) is 1. The molecule has 1 saturated carbocycles. The molecule has 0 saturated heterocycles. The lowest BCUT2D eigenvalue weighted by Gasteiger charge is -2.25. The Labute approximate surface area is 126 Å². The van der Waals surface area contributed by atoms with Crippen molar-refractivity contribution >= 4 is 22.2 Å². The number of ketones is 1. The maximum atomic E-state index is 12.5. The van der Waals surface area contributed by atoms with Gasteiger partial charge in [-0.3, -0.25) is 4.79 Å². The fourth-order valence-electron chi connectivity index (χ4n) is 3.42. The van der Waals surface area contributed by atoms with E-state index in [4.69, 9.17) is 0 Å². The number of anilines is 1. The van der Waals surface area contributed by atoms with E-state index in [0.29, 0.717) is 18.2 Å². The molecule has 0 aromatic heterocycles. The number of hydrogen-bond donors (Lipinski definition) is 0. The van der Waals surface area contributed by atoms with Crippen LogP contribution < -0.4 is 4.90 Å². The molecule has 0 spiro atoms. The van der Waals surface area contributed by atoms with Crippen molar-refractivity contribution in [2.24, 2.45) is 5.92 Å². The molecule has 1 fully saturated rings. The van der Waals surface area contributed by atoms with Crippen LogP contribution in [0.2, 0.25) is 0 Å². The highest BCUT2D eigenvalue weighted by Gasteiger charge is 2.24. The van der Waals surface area contributed by atoms with E-state index in [0.717, 1.165) is 19.4 Å². The van der Waals surface area contributed by atoms with Crippen molar-refractivity contribution in [2.75, 3.05) is 18.0 Å². The first-order chi connectivity index (χ1) is 10.3. The van der Waals surface area contributed by atoms with Gasteiger partial charge in [0.2, 0.25) is 0 Å². The third kappa shape index (κ3) is 2.94. The van der Waals surface area contributed by atoms with Gasteiger partial charge in [0.25, 0.3) is 0 Å². The monoisotopic (exact) mass is 281 g/mol. The minimum Gasteiger partial charge on any atom is -0.364 e. The Morgan fingerprint density at radius 3 is 2.57 bits per heavy atom. The van der Waals surface area contributed by atoms with Crippen LogP contribution in [0.3, 0.4) is 0 Å². The number of fused-ring (bicyclic) bond motifs is 1. The van der Waals surface area contributed by atoms with Gasteiger partial charge >= 0.3 is 0 Å². The van der Waals surface area contributed by atoms with E-state index < -0.39 is 0 Å². The topological polar surface area (TPSA) is 20.3 Å². The Bertz CT molecular complexity index is 623. The van der Waals surface area contributed by atoms with Crippen LogP contribution in [0.5, 0.6) is 0 Å². The van der Waals surface area contributed by atoms with Crippen LogP contribution >= 0.6 is 0 Å². The maximum absolute atomic E-state index is 12.5. The fraction of sp³-hybridized carbons (Fsp3) is 0.421. The second kappa shape index (κ2) is 6.30. The van der Waals surface area contributed by atoms with Crippen LogP contribution in [-0.4, -0.2) is 18.9 Å². The van der Waals surface area contributed by atoms with E-state index in [1.54, 1.807) is 0 Å². The fourth-order valence-corrected chi connectivity index (χ4v) is 3.42. The zero-order valence-corrected chi connectivity index (χ0v) is 12.7. The summed E-state index contributed by atoms with van der Waals surface area (Å²) >= 11 is 0. The van der Waals surface area contributed by atoms with E-state index in [1.165, 1.54) is 29.3 Å². The van der Waals surface area contributed by atoms with E-state index >= 15 is 0 Å². The summed E-state index contributed by atoms with van der Waals surface area (Å²) in [5.74, 6) is 0.719. The Morgan fingerprint density at radius 1 is 1.10 bits per heavy atom. The molecule has 110 valence electrons.